The van der Waals surface area contributed by atoms with Crippen LogP contribution in [0.25, 0.3) is 0 Å². The normalized spacial score (nSPS) is 18.5. The second-order valence-corrected chi connectivity index (χ2v) is 8.84. The maximum Gasteiger partial charge on any atom is 0.433 e. The van der Waals surface area contributed by atoms with Crippen LogP contribution in [0.15, 0.2) is 47.5 Å². The number of carboxylic acid groups (broad SMARTS) is 1. The summed E-state index contributed by atoms with van der Waals surface area (Å²) in [5.74, 6) is -1.46. The van der Waals surface area contributed by atoms with Crippen molar-refractivity contribution in [1.29, 1.82) is 0 Å². The van der Waals surface area contributed by atoms with Crippen molar-refractivity contribution in [3.8, 4) is 0 Å². The molecule has 2 N–H and O–H groups in total. The summed E-state index contributed by atoms with van der Waals surface area (Å²) in [7, 11) is 0. The number of carboxylic acids is 1. The average Bonchev–Trinajstić information content (AvgIpc) is 2.75. The lowest BCUT2D eigenvalue weighted by atomic mass is 9.92. The Morgan fingerprint density at radius 2 is 1.85 bits per heavy atom. The second kappa shape index (κ2) is 9.59. The Kier molecular flexibility index (Phi) is 7.18. The number of carbonyl (C=O) groups excluding carboxylic acids is 1. The zero-order valence-corrected chi connectivity index (χ0v) is 19.0. The fourth-order valence-corrected chi connectivity index (χ4v) is 3.38. The molecule has 0 spiro atoms. The maximum absolute atomic E-state index is 13.3. The first kappa shape index (κ1) is 25.4. The Balaban J connectivity index is 2.00. The van der Waals surface area contributed by atoms with E-state index >= 15 is 0 Å². The number of aliphatic imine (C=N–C) groups is 1. The Morgan fingerprint density at radius 1 is 1.21 bits per heavy atom. The number of aliphatic hydroxyl groups is 1. The number of nitrogens with zero attached hydrogens (tertiary/aromatic N) is 4. The molecule has 8 nitrogen and oxygen atoms in total. The van der Waals surface area contributed by atoms with E-state index in [2.05, 4.69) is 9.98 Å². The molecule has 0 saturated carbocycles. The number of amides is 2. The lowest BCUT2D eigenvalue weighted by Crippen LogP contribution is -2.59. The number of rotatable bonds is 6. The average molecular weight is 499 g/mol. The zero-order valence-electron chi connectivity index (χ0n) is 18.3. The highest BCUT2D eigenvalue weighted by molar-refractivity contribution is 6.30. The number of aliphatic hydroxyl groups excluding tert-OH is 1. The van der Waals surface area contributed by atoms with Gasteiger partial charge in [-0.1, -0.05) is 29.8 Å². The highest BCUT2D eigenvalue weighted by atomic mass is 35.5. The molecule has 1 aliphatic heterocycles. The Labute approximate surface area is 198 Å². The Bertz CT molecular complexity index is 1110. The molecule has 1 aromatic carbocycles. The van der Waals surface area contributed by atoms with Gasteiger partial charge in [0.25, 0.3) is 0 Å². The van der Waals surface area contributed by atoms with E-state index in [1.165, 1.54) is 24.8 Å². The summed E-state index contributed by atoms with van der Waals surface area (Å²) >= 11 is 5.91. The molecule has 0 aliphatic carbocycles. The fourth-order valence-electron chi connectivity index (χ4n) is 3.26. The number of halogens is 4. The van der Waals surface area contributed by atoms with Gasteiger partial charge in [-0.05, 0) is 43.7 Å². The van der Waals surface area contributed by atoms with Crippen molar-refractivity contribution in [2.24, 2.45) is 10.4 Å². The number of urea groups is 1. The van der Waals surface area contributed by atoms with E-state index in [0.29, 0.717) is 10.6 Å². The minimum Gasteiger partial charge on any atom is -0.481 e. The molecule has 0 radical (unpaired) electrons. The van der Waals surface area contributed by atoms with Crippen LogP contribution >= 0.6 is 11.6 Å². The molecule has 3 rings (SSSR count). The summed E-state index contributed by atoms with van der Waals surface area (Å²) in [6.07, 6.45) is -6.36. The molecule has 1 aliphatic rings. The summed E-state index contributed by atoms with van der Waals surface area (Å²) in [5, 5.41) is 20.5. The molecule has 1 saturated heterocycles. The molecule has 1 unspecified atom stereocenters. The van der Waals surface area contributed by atoms with E-state index in [-0.39, 0.29) is 31.2 Å². The van der Waals surface area contributed by atoms with Crippen molar-refractivity contribution in [2.45, 2.75) is 39.2 Å². The van der Waals surface area contributed by atoms with Gasteiger partial charge in [0.15, 0.2) is 5.82 Å². The number of hydrogen-bond donors (Lipinski definition) is 2. The largest absolute Gasteiger partial charge is 0.481 e. The van der Waals surface area contributed by atoms with Gasteiger partial charge in [-0.25, -0.2) is 14.8 Å². The van der Waals surface area contributed by atoms with E-state index in [1.807, 2.05) is 0 Å². The molecule has 34 heavy (non-hydrogen) atoms. The van der Waals surface area contributed by atoms with E-state index < -0.39 is 35.5 Å². The second-order valence-electron chi connectivity index (χ2n) is 8.40. The number of carbonyl (C=O) groups is 2. The SMILES string of the molecule is CC(C)(CN1C(=O)N(Cc2ccc(Cl)cc2)C(=Nc2cccc(C(F)(F)F)n2)CC1O)C(=O)O. The summed E-state index contributed by atoms with van der Waals surface area (Å²) in [4.78, 5) is 34.7. The van der Waals surface area contributed by atoms with Gasteiger partial charge >= 0.3 is 18.2 Å². The molecule has 12 heteroatoms. The molecule has 1 atom stereocenters. The molecule has 182 valence electrons. The van der Waals surface area contributed by atoms with Crippen molar-refractivity contribution in [3.63, 3.8) is 0 Å². The predicted molar refractivity (Wildman–Crippen MR) is 117 cm³/mol. The number of aliphatic carboxylic acids is 1. The molecule has 1 aromatic heterocycles. The summed E-state index contributed by atoms with van der Waals surface area (Å²) < 4.78 is 39.2. The topological polar surface area (TPSA) is 106 Å². The minimum absolute atomic E-state index is 0.0105. The van der Waals surface area contributed by atoms with Crippen molar-refractivity contribution in [1.82, 2.24) is 14.8 Å². The first-order chi connectivity index (χ1) is 15.8. The molecule has 1 fully saturated rings. The Morgan fingerprint density at radius 3 is 2.44 bits per heavy atom. The number of hydrogen-bond acceptors (Lipinski definition) is 5. The number of aromatic nitrogens is 1. The molecule has 0 bridgehead atoms. The Hall–Kier alpha value is -3.18. The van der Waals surface area contributed by atoms with Crippen molar-refractivity contribution in [3.05, 3.63) is 58.7 Å². The van der Waals surface area contributed by atoms with Crippen LogP contribution in [-0.2, 0) is 17.5 Å². The van der Waals surface area contributed by atoms with E-state index in [1.54, 1.807) is 24.3 Å². The predicted octanol–water partition coefficient (Wildman–Crippen LogP) is 4.54. The van der Waals surface area contributed by atoms with E-state index in [9.17, 15) is 33.0 Å². The van der Waals surface area contributed by atoms with Gasteiger partial charge < -0.3 is 10.2 Å². The third-order valence-electron chi connectivity index (χ3n) is 5.18. The van der Waals surface area contributed by atoms with Gasteiger partial charge in [0.1, 0.15) is 17.8 Å². The van der Waals surface area contributed by atoms with Gasteiger partial charge in [-0.3, -0.25) is 14.6 Å². The summed E-state index contributed by atoms with van der Waals surface area (Å²) in [6.45, 7) is 2.49. The van der Waals surface area contributed by atoms with Crippen LogP contribution in [0.1, 0.15) is 31.5 Å². The highest BCUT2D eigenvalue weighted by Crippen LogP contribution is 2.30. The number of amidine groups is 1. The number of pyridine rings is 1. The quantitative estimate of drug-likeness (QED) is 0.608. The highest BCUT2D eigenvalue weighted by Gasteiger charge is 2.41. The fraction of sp³-hybridized carbons (Fsp3) is 0.364. The summed E-state index contributed by atoms with van der Waals surface area (Å²) in [5.41, 5.74) is -1.87. The van der Waals surface area contributed by atoms with Crippen LogP contribution < -0.4 is 0 Å². The van der Waals surface area contributed by atoms with Crippen LogP contribution in [-0.4, -0.2) is 55.6 Å². The van der Waals surface area contributed by atoms with E-state index in [0.717, 1.165) is 17.0 Å². The van der Waals surface area contributed by atoms with Gasteiger partial charge in [0, 0.05) is 11.6 Å². The third kappa shape index (κ3) is 5.84. The molecule has 2 aromatic rings. The van der Waals surface area contributed by atoms with Crippen LogP contribution in [0.3, 0.4) is 0 Å². The zero-order chi connectivity index (χ0) is 25.3. The molecule has 2 amide bonds. The monoisotopic (exact) mass is 498 g/mol. The van der Waals surface area contributed by atoms with Gasteiger partial charge in [-0.2, -0.15) is 13.2 Å². The van der Waals surface area contributed by atoms with Crippen LogP contribution in [0.5, 0.6) is 0 Å². The van der Waals surface area contributed by atoms with Crippen molar-refractivity contribution >= 4 is 35.3 Å². The maximum atomic E-state index is 13.3. The standard InChI is InChI=1S/C22H22ClF3N4O4/c1-21(2,19(32)33)12-30-18(31)10-17(28-16-5-3-4-15(27-16)22(24,25)26)29(20(30)34)11-13-6-8-14(23)9-7-13/h3-9,18,31H,10-12H2,1-2H3,(H,32,33). The van der Waals surface area contributed by atoms with Crippen LogP contribution in [0, 0.1) is 5.41 Å². The van der Waals surface area contributed by atoms with Crippen LogP contribution in [0.2, 0.25) is 5.02 Å². The number of alkyl halides is 3. The first-order valence-electron chi connectivity index (χ1n) is 10.1. The van der Waals surface area contributed by atoms with Gasteiger partial charge in [0.2, 0.25) is 0 Å². The third-order valence-corrected chi connectivity index (χ3v) is 5.43. The van der Waals surface area contributed by atoms with Crippen LogP contribution in [0.4, 0.5) is 23.8 Å². The molecule has 2 heterocycles. The van der Waals surface area contributed by atoms with Crippen molar-refractivity contribution in [2.75, 3.05) is 6.54 Å². The first-order valence-corrected chi connectivity index (χ1v) is 10.5. The summed E-state index contributed by atoms with van der Waals surface area (Å²) in [6, 6.07) is 8.98. The lowest BCUT2D eigenvalue weighted by molar-refractivity contribution is -0.148. The smallest absolute Gasteiger partial charge is 0.433 e. The molecular weight excluding hydrogens is 477 g/mol. The van der Waals surface area contributed by atoms with E-state index in [4.69, 9.17) is 11.6 Å². The minimum atomic E-state index is -4.68. The van der Waals surface area contributed by atoms with Gasteiger partial charge in [0.05, 0.1) is 18.4 Å². The lowest BCUT2D eigenvalue weighted by Gasteiger charge is -2.42. The van der Waals surface area contributed by atoms with Gasteiger partial charge in [-0.15, -0.1) is 0 Å². The number of benzene rings is 1. The molecular formula is C22H22ClF3N4O4. The van der Waals surface area contributed by atoms with Crippen molar-refractivity contribution < 1.29 is 33.0 Å².